The normalized spacial score (nSPS) is 14.9. The number of furan rings is 1. The molecule has 0 fully saturated rings. The van der Waals surface area contributed by atoms with Gasteiger partial charge in [0.05, 0.1) is 12.5 Å². The first-order valence-corrected chi connectivity index (χ1v) is 8.79. The Morgan fingerprint density at radius 3 is 2.92 bits per heavy atom. The maximum atomic E-state index is 10.4. The summed E-state index contributed by atoms with van der Waals surface area (Å²) < 4.78 is 11.0. The third-order valence-electron chi connectivity index (χ3n) is 4.21. The first kappa shape index (κ1) is 15.3. The summed E-state index contributed by atoms with van der Waals surface area (Å²) in [6.45, 7) is 5.02. The fourth-order valence-electron chi connectivity index (χ4n) is 3.06. The van der Waals surface area contributed by atoms with Crippen molar-refractivity contribution in [3.05, 3.63) is 58.9 Å². The van der Waals surface area contributed by atoms with Gasteiger partial charge in [0.1, 0.15) is 6.61 Å². The van der Waals surface area contributed by atoms with Gasteiger partial charge in [-0.3, -0.25) is 4.90 Å². The highest BCUT2D eigenvalue weighted by Gasteiger charge is 2.20. The second kappa shape index (κ2) is 6.34. The molecule has 1 aliphatic heterocycles. The largest absolute Gasteiger partial charge is 0.504 e. The fraction of sp³-hybridized carbons (Fsp3) is 0.263. The van der Waals surface area contributed by atoms with E-state index in [1.54, 1.807) is 29.9 Å². The van der Waals surface area contributed by atoms with Gasteiger partial charge in [-0.25, -0.2) is 0 Å². The molecule has 0 saturated heterocycles. The lowest BCUT2D eigenvalue weighted by Crippen LogP contribution is -2.25. The number of benzene rings is 1. The molecule has 0 aliphatic carbocycles. The van der Waals surface area contributed by atoms with Gasteiger partial charge in [0.25, 0.3) is 0 Å². The van der Waals surface area contributed by atoms with Gasteiger partial charge in [-0.05, 0) is 42.8 Å². The minimum Gasteiger partial charge on any atom is -0.504 e. The molecule has 24 heavy (non-hydrogen) atoms. The molecule has 4 rings (SSSR count). The summed E-state index contributed by atoms with van der Waals surface area (Å²) in [7, 11) is 0. The first-order valence-electron chi connectivity index (χ1n) is 7.98. The van der Waals surface area contributed by atoms with E-state index in [1.165, 1.54) is 4.88 Å². The van der Waals surface area contributed by atoms with Crippen LogP contribution < -0.4 is 4.74 Å². The van der Waals surface area contributed by atoms with Gasteiger partial charge in [-0.1, -0.05) is 0 Å². The van der Waals surface area contributed by atoms with Crippen molar-refractivity contribution >= 4 is 11.3 Å². The molecule has 5 heteroatoms. The van der Waals surface area contributed by atoms with Crippen molar-refractivity contribution in [3.63, 3.8) is 0 Å². The van der Waals surface area contributed by atoms with Crippen LogP contribution in [-0.4, -0.2) is 23.2 Å². The van der Waals surface area contributed by atoms with Crippen LogP contribution in [-0.2, 0) is 13.1 Å². The van der Waals surface area contributed by atoms with Crippen LogP contribution in [0, 0.1) is 6.92 Å². The topological polar surface area (TPSA) is 45.8 Å². The number of fused-ring (bicyclic) bond motifs is 1. The molecule has 3 aromatic rings. The third kappa shape index (κ3) is 3.05. The van der Waals surface area contributed by atoms with Crippen LogP contribution >= 0.6 is 11.3 Å². The molecule has 124 valence electrons. The maximum absolute atomic E-state index is 10.4. The van der Waals surface area contributed by atoms with E-state index < -0.39 is 0 Å². The summed E-state index contributed by atoms with van der Waals surface area (Å²) in [5.41, 5.74) is 3.21. The molecule has 0 bridgehead atoms. The average Bonchev–Trinajstić information content (AvgIpc) is 3.16. The van der Waals surface area contributed by atoms with Crippen molar-refractivity contribution in [1.29, 1.82) is 0 Å². The van der Waals surface area contributed by atoms with Crippen LogP contribution in [0.1, 0.15) is 16.0 Å². The predicted octanol–water partition coefficient (Wildman–Crippen LogP) is 4.42. The Labute approximate surface area is 144 Å². The van der Waals surface area contributed by atoms with Crippen molar-refractivity contribution in [1.82, 2.24) is 4.90 Å². The molecule has 3 heterocycles. The van der Waals surface area contributed by atoms with E-state index in [-0.39, 0.29) is 5.75 Å². The number of hydrogen-bond donors (Lipinski definition) is 1. The van der Waals surface area contributed by atoms with Crippen molar-refractivity contribution < 1.29 is 14.3 Å². The van der Waals surface area contributed by atoms with Crippen LogP contribution in [0.25, 0.3) is 10.4 Å². The number of nitrogens with zero attached hydrogens (tertiary/aromatic N) is 1. The van der Waals surface area contributed by atoms with E-state index in [0.717, 1.165) is 41.2 Å². The smallest absolute Gasteiger partial charge is 0.165 e. The van der Waals surface area contributed by atoms with Crippen LogP contribution in [0.2, 0.25) is 0 Å². The number of aryl methyl sites for hydroxylation is 1. The predicted molar refractivity (Wildman–Crippen MR) is 94.5 cm³/mol. The number of rotatable bonds is 3. The molecular formula is C19H19NO3S. The van der Waals surface area contributed by atoms with Gasteiger partial charge in [-0.2, -0.15) is 0 Å². The summed E-state index contributed by atoms with van der Waals surface area (Å²) >= 11 is 1.73. The van der Waals surface area contributed by atoms with E-state index >= 15 is 0 Å². The Morgan fingerprint density at radius 2 is 2.17 bits per heavy atom. The lowest BCUT2D eigenvalue weighted by Gasteiger charge is -2.18. The summed E-state index contributed by atoms with van der Waals surface area (Å²) in [5, 5.41) is 10.4. The number of phenolic OH excluding ortho intramolecular Hbond substituents is 1. The average molecular weight is 341 g/mol. The highest BCUT2D eigenvalue weighted by Crippen LogP contribution is 2.39. The van der Waals surface area contributed by atoms with Gasteiger partial charge in [0.15, 0.2) is 11.5 Å². The van der Waals surface area contributed by atoms with Crippen LogP contribution in [0.5, 0.6) is 11.5 Å². The molecule has 0 spiro atoms. The summed E-state index contributed by atoms with van der Waals surface area (Å²) in [5.74, 6) is 0.834. The molecule has 4 nitrogen and oxygen atoms in total. The molecular weight excluding hydrogens is 322 g/mol. The molecule has 0 unspecified atom stereocenters. The SMILES string of the molecule is Cc1ccc(-c2cc(O)c3c(c2)CN(Cc2ccoc2)CCO3)s1. The summed E-state index contributed by atoms with van der Waals surface area (Å²) in [4.78, 5) is 4.73. The molecule has 0 amide bonds. The van der Waals surface area contributed by atoms with Gasteiger partial charge in [0.2, 0.25) is 0 Å². The zero-order chi connectivity index (χ0) is 16.5. The van der Waals surface area contributed by atoms with Gasteiger partial charge < -0.3 is 14.3 Å². The molecule has 0 radical (unpaired) electrons. The van der Waals surface area contributed by atoms with Crippen LogP contribution in [0.4, 0.5) is 0 Å². The second-order valence-corrected chi connectivity index (χ2v) is 7.37. The van der Waals surface area contributed by atoms with Crippen molar-refractivity contribution in [2.24, 2.45) is 0 Å². The van der Waals surface area contributed by atoms with Gasteiger partial charge >= 0.3 is 0 Å². The van der Waals surface area contributed by atoms with E-state index in [1.807, 2.05) is 6.07 Å². The minimum absolute atomic E-state index is 0.221. The first-order chi connectivity index (χ1) is 11.7. The Kier molecular flexibility index (Phi) is 4.04. The Morgan fingerprint density at radius 1 is 1.25 bits per heavy atom. The fourth-order valence-corrected chi connectivity index (χ4v) is 3.92. The molecule has 1 aliphatic rings. The Balaban J connectivity index is 1.65. The molecule has 0 atom stereocenters. The number of ether oxygens (including phenoxy) is 1. The van der Waals surface area contributed by atoms with Gasteiger partial charge in [-0.15, -0.1) is 11.3 Å². The minimum atomic E-state index is 0.221. The summed E-state index contributed by atoms with van der Waals surface area (Å²) in [6.07, 6.45) is 3.47. The molecule has 0 saturated carbocycles. The lowest BCUT2D eigenvalue weighted by atomic mass is 10.1. The lowest BCUT2D eigenvalue weighted by molar-refractivity contribution is 0.217. The van der Waals surface area contributed by atoms with Crippen molar-refractivity contribution in [2.45, 2.75) is 20.0 Å². The van der Waals surface area contributed by atoms with E-state index in [9.17, 15) is 5.11 Å². The van der Waals surface area contributed by atoms with Gasteiger partial charge in [0, 0.05) is 40.5 Å². The Hall–Kier alpha value is -2.24. The van der Waals surface area contributed by atoms with Crippen LogP contribution in [0.3, 0.4) is 0 Å². The monoisotopic (exact) mass is 341 g/mol. The number of phenols is 1. The van der Waals surface area contributed by atoms with Crippen molar-refractivity contribution in [2.75, 3.05) is 13.2 Å². The zero-order valence-electron chi connectivity index (χ0n) is 13.5. The zero-order valence-corrected chi connectivity index (χ0v) is 14.3. The highest BCUT2D eigenvalue weighted by atomic mass is 32.1. The number of thiophene rings is 1. The number of hydrogen-bond acceptors (Lipinski definition) is 5. The quantitative estimate of drug-likeness (QED) is 0.766. The molecule has 1 N–H and O–H groups in total. The number of aromatic hydroxyl groups is 1. The second-order valence-electron chi connectivity index (χ2n) is 6.08. The third-order valence-corrected chi connectivity index (χ3v) is 5.26. The van der Waals surface area contributed by atoms with E-state index in [4.69, 9.17) is 9.15 Å². The van der Waals surface area contributed by atoms with E-state index in [0.29, 0.717) is 12.4 Å². The van der Waals surface area contributed by atoms with Crippen LogP contribution in [0.15, 0.2) is 47.3 Å². The molecule has 2 aromatic heterocycles. The van der Waals surface area contributed by atoms with Crippen molar-refractivity contribution in [3.8, 4) is 21.9 Å². The van der Waals surface area contributed by atoms with E-state index in [2.05, 4.69) is 30.0 Å². The maximum Gasteiger partial charge on any atom is 0.165 e. The molecule has 1 aromatic carbocycles. The highest BCUT2D eigenvalue weighted by molar-refractivity contribution is 7.15. The summed E-state index contributed by atoms with van der Waals surface area (Å²) in [6, 6.07) is 10.1. The Bertz CT molecular complexity index is 838. The standard InChI is InChI=1S/C19H19NO3S/c1-13-2-3-18(24-13)15-8-16-11-20(10-14-4-6-22-12-14)5-7-23-19(16)17(21)9-15/h2-4,6,8-9,12,21H,5,7,10-11H2,1H3.